The SMILES string of the molecule is COc1cc(C(=O)N2CC(C)(C)OCC2C(C)(C)O)cc2nc(NCc3cc(Cl)ccn3)oc12. The first kappa shape index (κ1) is 24.3. The topological polar surface area (TPSA) is 110 Å². The van der Waals surface area contributed by atoms with Gasteiger partial charge in [0.2, 0.25) is 0 Å². The largest absolute Gasteiger partial charge is 0.493 e. The number of ether oxygens (including phenoxy) is 2. The number of benzene rings is 1. The van der Waals surface area contributed by atoms with Crippen LogP contribution in [0.1, 0.15) is 43.7 Å². The van der Waals surface area contributed by atoms with E-state index in [1.807, 2.05) is 13.8 Å². The number of carbonyl (C=O) groups excluding carboxylic acids is 1. The van der Waals surface area contributed by atoms with E-state index in [2.05, 4.69) is 15.3 Å². The van der Waals surface area contributed by atoms with E-state index in [1.165, 1.54) is 7.11 Å². The maximum atomic E-state index is 13.6. The molecule has 1 aliphatic rings. The lowest BCUT2D eigenvalue weighted by atomic mass is 9.92. The van der Waals surface area contributed by atoms with Crippen molar-refractivity contribution in [3.05, 3.63) is 46.7 Å². The zero-order valence-electron chi connectivity index (χ0n) is 19.9. The summed E-state index contributed by atoms with van der Waals surface area (Å²) < 4.78 is 17.2. The van der Waals surface area contributed by atoms with Crippen LogP contribution in [0.5, 0.6) is 5.75 Å². The Bertz CT molecular complexity index is 1200. The Kier molecular flexibility index (Phi) is 6.46. The lowest BCUT2D eigenvalue weighted by Gasteiger charge is -2.47. The molecule has 4 rings (SSSR count). The van der Waals surface area contributed by atoms with E-state index >= 15 is 0 Å². The molecule has 1 unspecified atom stereocenters. The Morgan fingerprint density at radius 2 is 2.15 bits per heavy atom. The summed E-state index contributed by atoms with van der Waals surface area (Å²) in [5.41, 5.74) is 0.321. The number of hydrogen-bond acceptors (Lipinski definition) is 8. The van der Waals surface area contributed by atoms with Crippen molar-refractivity contribution in [1.29, 1.82) is 0 Å². The number of nitrogens with one attached hydrogen (secondary N) is 1. The molecular weight excluding hydrogens is 460 g/mol. The van der Waals surface area contributed by atoms with Crippen LogP contribution in [0.4, 0.5) is 6.01 Å². The third-order valence-electron chi connectivity index (χ3n) is 5.76. The standard InChI is InChI=1S/C24H29ClN4O5/c1-23(2)13-29(19(12-33-23)24(3,4)31)21(30)14-8-17-20(18(9-14)32-5)34-22(28-17)27-11-16-10-15(25)6-7-26-16/h6-10,19,31H,11-13H2,1-5H3,(H,27,28). The van der Waals surface area contributed by atoms with Gasteiger partial charge in [0, 0.05) is 23.3 Å². The van der Waals surface area contributed by atoms with Crippen LogP contribution in [0.2, 0.25) is 5.02 Å². The summed E-state index contributed by atoms with van der Waals surface area (Å²) in [5, 5.41) is 14.3. The minimum atomic E-state index is -1.14. The van der Waals surface area contributed by atoms with Crippen LogP contribution in [0, 0.1) is 0 Å². The summed E-state index contributed by atoms with van der Waals surface area (Å²) in [4.78, 5) is 24.0. The molecule has 10 heteroatoms. The summed E-state index contributed by atoms with van der Waals surface area (Å²) in [7, 11) is 1.51. The normalized spacial score (nSPS) is 18.2. The zero-order valence-corrected chi connectivity index (χ0v) is 20.6. The quantitative estimate of drug-likeness (QED) is 0.537. The molecule has 2 aromatic heterocycles. The molecule has 9 nitrogen and oxygen atoms in total. The predicted octanol–water partition coefficient (Wildman–Crippen LogP) is 3.89. The van der Waals surface area contributed by atoms with Gasteiger partial charge in [0.05, 0.1) is 43.2 Å². The third-order valence-corrected chi connectivity index (χ3v) is 5.99. The van der Waals surface area contributed by atoms with Crippen LogP contribution in [0.25, 0.3) is 11.1 Å². The molecule has 2 N–H and O–H groups in total. The highest BCUT2D eigenvalue weighted by Gasteiger charge is 2.43. The summed E-state index contributed by atoms with van der Waals surface area (Å²) >= 11 is 6.01. The number of morpholine rings is 1. The van der Waals surface area contributed by atoms with Gasteiger partial charge in [0.1, 0.15) is 5.52 Å². The number of aromatic nitrogens is 2. The van der Waals surface area contributed by atoms with E-state index in [0.29, 0.717) is 40.5 Å². The van der Waals surface area contributed by atoms with E-state index in [1.54, 1.807) is 49.2 Å². The average Bonchev–Trinajstić information content (AvgIpc) is 3.18. The minimum absolute atomic E-state index is 0.233. The second-order valence-corrected chi connectivity index (χ2v) is 9.97. The van der Waals surface area contributed by atoms with Crippen molar-refractivity contribution in [3.8, 4) is 5.75 Å². The minimum Gasteiger partial charge on any atom is -0.493 e. The molecule has 0 saturated carbocycles. The number of fused-ring (bicyclic) bond motifs is 1. The van der Waals surface area contributed by atoms with Crippen molar-refractivity contribution in [2.24, 2.45) is 0 Å². The van der Waals surface area contributed by atoms with Gasteiger partial charge in [-0.3, -0.25) is 9.78 Å². The van der Waals surface area contributed by atoms with Crippen molar-refractivity contribution < 1.29 is 23.8 Å². The van der Waals surface area contributed by atoms with E-state index in [-0.39, 0.29) is 18.5 Å². The number of hydrogen-bond donors (Lipinski definition) is 2. The predicted molar refractivity (Wildman–Crippen MR) is 128 cm³/mol. The van der Waals surface area contributed by atoms with Gasteiger partial charge in [0.25, 0.3) is 11.9 Å². The summed E-state index contributed by atoms with van der Waals surface area (Å²) in [6, 6.07) is 6.50. The first-order valence-electron chi connectivity index (χ1n) is 11.0. The number of anilines is 1. The van der Waals surface area contributed by atoms with Gasteiger partial charge in [0.15, 0.2) is 11.3 Å². The number of nitrogens with zero attached hydrogens (tertiary/aromatic N) is 3. The Hall–Kier alpha value is -2.88. The second-order valence-electron chi connectivity index (χ2n) is 9.54. The molecule has 1 fully saturated rings. The summed E-state index contributed by atoms with van der Waals surface area (Å²) in [5.74, 6) is 0.138. The molecule has 1 aliphatic heterocycles. The highest BCUT2D eigenvalue weighted by atomic mass is 35.5. The first-order chi connectivity index (χ1) is 16.0. The first-order valence-corrected chi connectivity index (χ1v) is 11.3. The number of aliphatic hydroxyl groups is 1. The molecule has 3 heterocycles. The molecule has 0 spiro atoms. The van der Waals surface area contributed by atoms with Crippen molar-refractivity contribution >= 4 is 34.6 Å². The molecule has 0 radical (unpaired) electrons. The number of rotatable bonds is 6. The zero-order chi connectivity index (χ0) is 24.7. The Morgan fingerprint density at radius 1 is 1.38 bits per heavy atom. The van der Waals surface area contributed by atoms with Crippen molar-refractivity contribution in [2.45, 2.75) is 51.5 Å². The van der Waals surface area contributed by atoms with Gasteiger partial charge in [-0.15, -0.1) is 0 Å². The van der Waals surface area contributed by atoms with Crippen LogP contribution in [0.3, 0.4) is 0 Å². The average molecular weight is 489 g/mol. The maximum absolute atomic E-state index is 13.6. The van der Waals surface area contributed by atoms with E-state index in [4.69, 9.17) is 25.5 Å². The summed E-state index contributed by atoms with van der Waals surface area (Å²) in [6.07, 6.45) is 1.63. The van der Waals surface area contributed by atoms with Crippen LogP contribution in [0.15, 0.2) is 34.9 Å². The fourth-order valence-corrected chi connectivity index (χ4v) is 4.17. The fraction of sp³-hybridized carbons (Fsp3) is 0.458. The third kappa shape index (κ3) is 5.11. The monoisotopic (exact) mass is 488 g/mol. The molecule has 1 aromatic carbocycles. The fourth-order valence-electron chi connectivity index (χ4n) is 3.99. The molecule has 1 saturated heterocycles. The Balaban J connectivity index is 1.64. The molecule has 1 amide bonds. The maximum Gasteiger partial charge on any atom is 0.296 e. The molecule has 1 atom stereocenters. The van der Waals surface area contributed by atoms with Gasteiger partial charge in [-0.2, -0.15) is 4.98 Å². The van der Waals surface area contributed by atoms with Crippen LogP contribution in [-0.2, 0) is 11.3 Å². The molecule has 3 aromatic rings. The van der Waals surface area contributed by atoms with Crippen molar-refractivity contribution in [2.75, 3.05) is 25.6 Å². The second kappa shape index (κ2) is 9.05. The number of pyridine rings is 1. The van der Waals surface area contributed by atoms with Crippen LogP contribution < -0.4 is 10.1 Å². The highest BCUT2D eigenvalue weighted by molar-refractivity contribution is 6.30. The van der Waals surface area contributed by atoms with Crippen molar-refractivity contribution in [1.82, 2.24) is 14.9 Å². The van der Waals surface area contributed by atoms with E-state index in [9.17, 15) is 9.90 Å². The number of amides is 1. The molecule has 0 bridgehead atoms. The van der Waals surface area contributed by atoms with Gasteiger partial charge in [-0.05, 0) is 52.0 Å². The van der Waals surface area contributed by atoms with Gasteiger partial charge in [-0.1, -0.05) is 11.6 Å². The van der Waals surface area contributed by atoms with E-state index < -0.39 is 17.2 Å². The molecular formula is C24H29ClN4O5. The Labute approximate surface area is 203 Å². The van der Waals surface area contributed by atoms with Crippen LogP contribution >= 0.6 is 11.6 Å². The van der Waals surface area contributed by atoms with Crippen LogP contribution in [-0.4, -0.2) is 63.4 Å². The summed E-state index contributed by atoms with van der Waals surface area (Å²) in [6.45, 7) is 8.11. The number of halogens is 1. The number of methoxy groups -OCH3 is 1. The number of carbonyl (C=O) groups is 1. The van der Waals surface area contributed by atoms with Gasteiger partial charge >= 0.3 is 0 Å². The van der Waals surface area contributed by atoms with Crippen molar-refractivity contribution in [3.63, 3.8) is 0 Å². The highest BCUT2D eigenvalue weighted by Crippen LogP contribution is 2.33. The van der Waals surface area contributed by atoms with E-state index in [0.717, 1.165) is 5.69 Å². The Morgan fingerprint density at radius 3 is 2.82 bits per heavy atom. The molecule has 0 aliphatic carbocycles. The van der Waals surface area contributed by atoms with Gasteiger partial charge < -0.3 is 29.2 Å². The molecule has 34 heavy (non-hydrogen) atoms. The molecule has 182 valence electrons. The number of oxazole rings is 1. The smallest absolute Gasteiger partial charge is 0.296 e. The van der Waals surface area contributed by atoms with Gasteiger partial charge in [-0.25, -0.2) is 0 Å². The lowest BCUT2D eigenvalue weighted by molar-refractivity contribution is -0.145. The lowest BCUT2D eigenvalue weighted by Crippen LogP contribution is -2.62.